The Morgan fingerprint density at radius 2 is 2.00 bits per heavy atom. The summed E-state index contributed by atoms with van der Waals surface area (Å²) in [5.74, 6) is -0.00278. The summed E-state index contributed by atoms with van der Waals surface area (Å²) in [6.07, 6.45) is 4.27. The molecule has 2 N–H and O–H groups in total. The van der Waals surface area contributed by atoms with E-state index in [1.807, 2.05) is 37.4 Å². The molecule has 0 aliphatic carbocycles. The zero-order valence-electron chi connectivity index (χ0n) is 13.2. The number of carbonyl (C=O) groups excluding carboxylic acids is 1. The number of likely N-dealkylation sites (N-methyl/N-ethyl adjacent to an activating group) is 1. The van der Waals surface area contributed by atoms with Crippen molar-refractivity contribution >= 4 is 16.7 Å². The minimum absolute atomic E-state index is 0.00278. The number of hydrogen-bond donors (Lipinski definition) is 1. The Labute approximate surface area is 132 Å². The Kier molecular flexibility index (Phi) is 5.73. The predicted molar refractivity (Wildman–Crippen MR) is 92.7 cm³/mol. The average molecular weight is 296 g/mol. The number of unbranched alkanes of at least 4 members (excludes halogenated alkanes) is 1. The van der Waals surface area contributed by atoms with Crippen LogP contribution in [0.5, 0.6) is 0 Å². The summed E-state index contributed by atoms with van der Waals surface area (Å²) in [5.41, 5.74) is 7.26. The fourth-order valence-electron chi connectivity index (χ4n) is 2.66. The number of amides is 1. The summed E-state index contributed by atoms with van der Waals surface area (Å²) in [4.78, 5) is 14.1. The monoisotopic (exact) mass is 296 g/mol. The number of carbonyl (C=O) groups is 1. The van der Waals surface area contributed by atoms with Crippen LogP contribution in [0.15, 0.2) is 55.1 Å². The van der Waals surface area contributed by atoms with Gasteiger partial charge in [-0.05, 0) is 35.6 Å². The van der Waals surface area contributed by atoms with Crippen LogP contribution in [0.25, 0.3) is 10.8 Å². The van der Waals surface area contributed by atoms with E-state index in [-0.39, 0.29) is 5.91 Å². The van der Waals surface area contributed by atoms with E-state index in [0.29, 0.717) is 13.0 Å². The first-order valence-electron chi connectivity index (χ1n) is 7.71. The molecule has 0 aliphatic heterocycles. The van der Waals surface area contributed by atoms with Gasteiger partial charge in [-0.2, -0.15) is 0 Å². The Morgan fingerprint density at radius 3 is 2.77 bits per heavy atom. The first kappa shape index (κ1) is 16.2. The molecule has 0 unspecified atom stereocenters. The van der Waals surface area contributed by atoms with Crippen LogP contribution in [0.2, 0.25) is 0 Å². The van der Waals surface area contributed by atoms with Crippen LogP contribution in [-0.4, -0.2) is 30.4 Å². The highest BCUT2D eigenvalue weighted by Crippen LogP contribution is 2.19. The van der Waals surface area contributed by atoms with Crippen molar-refractivity contribution in [1.82, 2.24) is 4.90 Å². The Morgan fingerprint density at radius 1 is 1.27 bits per heavy atom. The van der Waals surface area contributed by atoms with Gasteiger partial charge in [-0.3, -0.25) is 4.79 Å². The molecule has 3 heteroatoms. The second-order valence-electron chi connectivity index (χ2n) is 5.64. The molecule has 0 radical (unpaired) electrons. The maximum atomic E-state index is 12.4. The molecule has 116 valence electrons. The Bertz CT molecular complexity index is 645. The van der Waals surface area contributed by atoms with Crippen molar-refractivity contribution in [3.63, 3.8) is 0 Å². The zero-order valence-corrected chi connectivity index (χ0v) is 13.2. The molecular weight excluding hydrogens is 272 g/mol. The molecule has 0 aliphatic rings. The molecule has 2 rings (SSSR count). The lowest BCUT2D eigenvalue weighted by Crippen LogP contribution is -2.43. The van der Waals surface area contributed by atoms with Crippen LogP contribution in [0.4, 0.5) is 0 Å². The van der Waals surface area contributed by atoms with Gasteiger partial charge in [-0.25, -0.2) is 0 Å². The lowest BCUT2D eigenvalue weighted by atomic mass is 9.98. The predicted octanol–water partition coefficient (Wildman–Crippen LogP) is 3.13. The lowest BCUT2D eigenvalue weighted by Gasteiger charge is -2.21. The summed E-state index contributed by atoms with van der Waals surface area (Å²) in [6.45, 7) is 4.41. The Balaban J connectivity index is 2.05. The normalized spacial score (nSPS) is 12.1. The van der Waals surface area contributed by atoms with Gasteiger partial charge in [-0.1, -0.05) is 48.5 Å². The second kappa shape index (κ2) is 7.76. The highest BCUT2D eigenvalue weighted by molar-refractivity contribution is 5.87. The van der Waals surface area contributed by atoms with Gasteiger partial charge in [0.2, 0.25) is 5.91 Å². The first-order chi connectivity index (χ1) is 10.6. The van der Waals surface area contributed by atoms with E-state index in [2.05, 4.69) is 24.8 Å². The van der Waals surface area contributed by atoms with Crippen LogP contribution in [-0.2, 0) is 11.2 Å². The molecule has 0 heterocycles. The molecule has 22 heavy (non-hydrogen) atoms. The molecule has 0 aromatic heterocycles. The summed E-state index contributed by atoms with van der Waals surface area (Å²) in [6, 6.07) is 13.8. The summed E-state index contributed by atoms with van der Waals surface area (Å²) in [5, 5.41) is 2.35. The maximum Gasteiger partial charge on any atom is 0.239 e. The number of nitrogens with two attached hydrogens (primary N) is 1. The summed E-state index contributed by atoms with van der Waals surface area (Å²) < 4.78 is 0. The van der Waals surface area contributed by atoms with Crippen LogP contribution >= 0.6 is 0 Å². The summed E-state index contributed by atoms with van der Waals surface area (Å²) in [7, 11) is 1.81. The highest BCUT2D eigenvalue weighted by Gasteiger charge is 2.18. The third kappa shape index (κ3) is 3.95. The fraction of sp³-hybridized carbons (Fsp3) is 0.316. The van der Waals surface area contributed by atoms with Crippen molar-refractivity contribution in [2.24, 2.45) is 5.73 Å². The molecule has 2 aromatic rings. The van der Waals surface area contributed by atoms with E-state index >= 15 is 0 Å². The van der Waals surface area contributed by atoms with Gasteiger partial charge in [0, 0.05) is 13.6 Å². The van der Waals surface area contributed by atoms with Gasteiger partial charge in [0.1, 0.15) is 0 Å². The van der Waals surface area contributed by atoms with Gasteiger partial charge in [0.05, 0.1) is 6.04 Å². The van der Waals surface area contributed by atoms with Crippen LogP contribution < -0.4 is 5.73 Å². The van der Waals surface area contributed by atoms with E-state index in [1.165, 1.54) is 10.8 Å². The zero-order chi connectivity index (χ0) is 15.9. The van der Waals surface area contributed by atoms with E-state index in [9.17, 15) is 4.79 Å². The molecule has 1 atom stereocenters. The number of allylic oxidation sites excluding steroid dienone is 1. The highest BCUT2D eigenvalue weighted by atomic mass is 16.2. The smallest absolute Gasteiger partial charge is 0.239 e. The topological polar surface area (TPSA) is 46.3 Å². The third-order valence-corrected chi connectivity index (χ3v) is 3.91. The van der Waals surface area contributed by atoms with Gasteiger partial charge in [0.25, 0.3) is 0 Å². The van der Waals surface area contributed by atoms with Crippen molar-refractivity contribution in [2.75, 3.05) is 13.6 Å². The van der Waals surface area contributed by atoms with Gasteiger partial charge >= 0.3 is 0 Å². The van der Waals surface area contributed by atoms with Crippen molar-refractivity contribution in [2.45, 2.75) is 25.3 Å². The molecule has 0 saturated heterocycles. The van der Waals surface area contributed by atoms with Gasteiger partial charge in [0.15, 0.2) is 0 Å². The molecule has 0 bridgehead atoms. The van der Waals surface area contributed by atoms with Crippen molar-refractivity contribution < 1.29 is 4.79 Å². The van der Waals surface area contributed by atoms with Crippen LogP contribution in [0.1, 0.15) is 18.4 Å². The quantitative estimate of drug-likeness (QED) is 0.630. The van der Waals surface area contributed by atoms with E-state index in [4.69, 9.17) is 5.73 Å². The molecule has 0 saturated carbocycles. The summed E-state index contributed by atoms with van der Waals surface area (Å²) >= 11 is 0. The largest absolute Gasteiger partial charge is 0.344 e. The fourth-order valence-corrected chi connectivity index (χ4v) is 2.66. The van der Waals surface area contributed by atoms with Gasteiger partial charge < -0.3 is 10.6 Å². The molecule has 2 aromatic carbocycles. The number of nitrogens with zero attached hydrogens (tertiary/aromatic N) is 1. The van der Waals surface area contributed by atoms with E-state index in [1.54, 1.807) is 4.90 Å². The third-order valence-electron chi connectivity index (χ3n) is 3.91. The van der Waals surface area contributed by atoms with E-state index in [0.717, 1.165) is 18.4 Å². The van der Waals surface area contributed by atoms with Crippen molar-refractivity contribution in [3.8, 4) is 0 Å². The van der Waals surface area contributed by atoms with Crippen molar-refractivity contribution in [3.05, 3.63) is 60.7 Å². The second-order valence-corrected chi connectivity index (χ2v) is 5.64. The number of hydrogen-bond acceptors (Lipinski definition) is 2. The molecular formula is C19H24N2O. The molecule has 3 nitrogen and oxygen atoms in total. The lowest BCUT2D eigenvalue weighted by molar-refractivity contribution is -0.131. The van der Waals surface area contributed by atoms with Crippen LogP contribution in [0.3, 0.4) is 0 Å². The van der Waals surface area contributed by atoms with Crippen LogP contribution in [0, 0.1) is 0 Å². The standard InChI is InChI=1S/C19H24N2O/c1-3-4-7-13-21(2)19(22)18(20)14-16-11-8-10-15-9-5-6-12-17(15)16/h3,5-6,8-12,18H,1,4,7,13-14,20H2,2H3/t18-/m0/s1. The number of benzene rings is 2. The molecule has 0 fully saturated rings. The maximum absolute atomic E-state index is 12.4. The SMILES string of the molecule is C=CCCCN(C)C(=O)[C@@H](N)Cc1cccc2ccccc12. The van der Waals surface area contributed by atoms with E-state index < -0.39 is 6.04 Å². The number of rotatable bonds is 7. The number of fused-ring (bicyclic) bond motifs is 1. The van der Waals surface area contributed by atoms with Gasteiger partial charge in [-0.15, -0.1) is 6.58 Å². The minimum Gasteiger partial charge on any atom is -0.344 e. The average Bonchev–Trinajstić information content (AvgIpc) is 2.54. The first-order valence-corrected chi connectivity index (χ1v) is 7.71. The minimum atomic E-state index is -0.500. The molecule has 0 spiro atoms. The molecule has 1 amide bonds. The Hall–Kier alpha value is -2.13. The van der Waals surface area contributed by atoms with Crippen molar-refractivity contribution in [1.29, 1.82) is 0 Å².